The Hall–Kier alpha value is -4.12. The molecule has 0 radical (unpaired) electrons. The van der Waals surface area contributed by atoms with Crippen molar-refractivity contribution < 1.29 is 33.8 Å². The molecule has 2 atom stereocenters. The van der Waals surface area contributed by atoms with Gasteiger partial charge in [-0.15, -0.1) is 0 Å². The normalized spacial score (nSPS) is 15.2. The standard InChI is InChI=1S/C30H37ClN4O7/c1-18-15-21(9-10-22(18)31)33-27(39)23(13-14-32-29(41)42-30(2,3)4)34-28(40)24-16-19-7-5-6-8-20(19)17-35(24)25(36)11-12-26(37)38/h5-10,15,23-24H,11-14,16-17H2,1-4H3,(H,32,41)(H,33,39)(H,34,40)(H,37,38). The molecule has 2 aromatic rings. The van der Waals surface area contributed by atoms with Gasteiger partial charge in [0.05, 0.1) is 6.42 Å². The van der Waals surface area contributed by atoms with Gasteiger partial charge in [0.1, 0.15) is 17.7 Å². The first-order chi connectivity index (χ1) is 19.7. The summed E-state index contributed by atoms with van der Waals surface area (Å²) in [5, 5.41) is 17.7. The van der Waals surface area contributed by atoms with E-state index in [1.165, 1.54) is 4.90 Å². The third-order valence-electron chi connectivity index (χ3n) is 6.58. The topological polar surface area (TPSA) is 154 Å². The fourth-order valence-electron chi connectivity index (χ4n) is 4.50. The monoisotopic (exact) mass is 600 g/mol. The molecule has 12 heteroatoms. The molecule has 11 nitrogen and oxygen atoms in total. The second kappa shape index (κ2) is 14.2. The van der Waals surface area contributed by atoms with E-state index in [1.54, 1.807) is 45.9 Å². The predicted molar refractivity (Wildman–Crippen MR) is 157 cm³/mol. The van der Waals surface area contributed by atoms with E-state index in [0.717, 1.165) is 16.7 Å². The minimum absolute atomic E-state index is 0.0156. The van der Waals surface area contributed by atoms with Gasteiger partial charge in [-0.3, -0.25) is 19.2 Å². The third-order valence-corrected chi connectivity index (χ3v) is 7.01. The molecule has 1 heterocycles. The number of aryl methyl sites for hydroxylation is 1. The molecule has 0 spiro atoms. The smallest absolute Gasteiger partial charge is 0.407 e. The van der Waals surface area contributed by atoms with Crippen LogP contribution in [0.5, 0.6) is 0 Å². The number of carboxylic acid groups (broad SMARTS) is 1. The first kappa shape index (κ1) is 32.4. The molecule has 0 aromatic heterocycles. The zero-order valence-electron chi connectivity index (χ0n) is 24.2. The van der Waals surface area contributed by atoms with Crippen molar-refractivity contribution in [2.75, 3.05) is 11.9 Å². The van der Waals surface area contributed by atoms with Crippen LogP contribution in [0, 0.1) is 6.92 Å². The number of carboxylic acids is 1. The minimum atomic E-state index is -1.12. The number of halogens is 1. The molecule has 1 aliphatic heterocycles. The number of benzene rings is 2. The lowest BCUT2D eigenvalue weighted by Gasteiger charge is -2.36. The first-order valence-electron chi connectivity index (χ1n) is 13.7. The average Bonchev–Trinajstić information content (AvgIpc) is 2.91. The van der Waals surface area contributed by atoms with Crippen LogP contribution >= 0.6 is 11.6 Å². The molecular weight excluding hydrogens is 564 g/mol. The number of carbonyl (C=O) groups is 5. The van der Waals surface area contributed by atoms with Gasteiger partial charge in [0.2, 0.25) is 17.7 Å². The molecule has 4 amide bonds. The highest BCUT2D eigenvalue weighted by Crippen LogP contribution is 2.25. The molecular formula is C30H37ClN4O7. The second-order valence-electron chi connectivity index (χ2n) is 11.1. The van der Waals surface area contributed by atoms with Crippen LogP contribution in [0.2, 0.25) is 5.02 Å². The van der Waals surface area contributed by atoms with Gasteiger partial charge in [-0.2, -0.15) is 0 Å². The van der Waals surface area contributed by atoms with E-state index in [1.807, 2.05) is 24.3 Å². The van der Waals surface area contributed by atoms with Crippen LogP contribution in [-0.4, -0.2) is 64.0 Å². The van der Waals surface area contributed by atoms with E-state index in [4.69, 9.17) is 21.4 Å². The summed E-state index contributed by atoms with van der Waals surface area (Å²) in [5.41, 5.74) is 2.25. The number of nitrogens with one attached hydrogen (secondary N) is 3. The van der Waals surface area contributed by atoms with Crippen LogP contribution in [0.3, 0.4) is 0 Å². The highest BCUT2D eigenvalue weighted by molar-refractivity contribution is 6.31. The SMILES string of the molecule is Cc1cc(NC(=O)C(CCNC(=O)OC(C)(C)C)NC(=O)C2Cc3ccccc3CN2C(=O)CCC(=O)O)ccc1Cl. The van der Waals surface area contributed by atoms with Crippen molar-refractivity contribution in [2.45, 2.75) is 77.6 Å². The lowest BCUT2D eigenvalue weighted by Crippen LogP contribution is -2.56. The third kappa shape index (κ3) is 9.47. The van der Waals surface area contributed by atoms with Crippen LogP contribution in [0.25, 0.3) is 0 Å². The minimum Gasteiger partial charge on any atom is -0.481 e. The molecule has 2 unspecified atom stereocenters. The molecule has 0 saturated carbocycles. The van der Waals surface area contributed by atoms with E-state index < -0.39 is 47.5 Å². The fraction of sp³-hybridized carbons (Fsp3) is 0.433. The Morgan fingerprint density at radius 2 is 1.76 bits per heavy atom. The summed E-state index contributed by atoms with van der Waals surface area (Å²) >= 11 is 6.11. The number of fused-ring (bicyclic) bond motifs is 1. The van der Waals surface area contributed by atoms with E-state index >= 15 is 0 Å². The van der Waals surface area contributed by atoms with Crippen molar-refractivity contribution >= 4 is 47.1 Å². The van der Waals surface area contributed by atoms with Gasteiger partial charge in [-0.25, -0.2) is 4.79 Å². The number of aliphatic carboxylic acids is 1. The van der Waals surface area contributed by atoms with Crippen LogP contribution in [0.1, 0.15) is 56.7 Å². The lowest BCUT2D eigenvalue weighted by atomic mass is 9.92. The van der Waals surface area contributed by atoms with Gasteiger partial charge in [0.25, 0.3) is 0 Å². The van der Waals surface area contributed by atoms with Crippen LogP contribution in [0.4, 0.5) is 10.5 Å². The number of nitrogens with zero attached hydrogens (tertiary/aromatic N) is 1. The van der Waals surface area contributed by atoms with Gasteiger partial charge < -0.3 is 30.7 Å². The maximum Gasteiger partial charge on any atom is 0.407 e. The van der Waals surface area contributed by atoms with Gasteiger partial charge in [-0.1, -0.05) is 35.9 Å². The number of ether oxygens (including phenoxy) is 1. The van der Waals surface area contributed by atoms with Crippen molar-refractivity contribution in [3.63, 3.8) is 0 Å². The summed E-state index contributed by atoms with van der Waals surface area (Å²) in [7, 11) is 0. The zero-order valence-corrected chi connectivity index (χ0v) is 24.9. The van der Waals surface area contributed by atoms with E-state index in [-0.39, 0.29) is 38.8 Å². The lowest BCUT2D eigenvalue weighted by molar-refractivity contribution is -0.145. The van der Waals surface area contributed by atoms with E-state index in [9.17, 15) is 24.0 Å². The highest BCUT2D eigenvalue weighted by atomic mass is 35.5. The van der Waals surface area contributed by atoms with Crippen LogP contribution in [0.15, 0.2) is 42.5 Å². The van der Waals surface area contributed by atoms with Crippen molar-refractivity contribution in [3.05, 3.63) is 64.2 Å². The molecule has 0 saturated heterocycles. The molecule has 1 aliphatic rings. The van der Waals surface area contributed by atoms with Crippen molar-refractivity contribution in [2.24, 2.45) is 0 Å². The number of alkyl carbamates (subject to hydrolysis) is 1. The molecule has 42 heavy (non-hydrogen) atoms. The number of rotatable bonds is 10. The van der Waals surface area contributed by atoms with Crippen molar-refractivity contribution in [1.82, 2.24) is 15.5 Å². The zero-order chi connectivity index (χ0) is 31.0. The van der Waals surface area contributed by atoms with Crippen molar-refractivity contribution in [3.8, 4) is 0 Å². The molecule has 3 rings (SSSR count). The Bertz CT molecular complexity index is 1340. The van der Waals surface area contributed by atoms with Crippen molar-refractivity contribution in [1.29, 1.82) is 0 Å². The first-order valence-corrected chi connectivity index (χ1v) is 14.0. The number of amides is 4. The summed E-state index contributed by atoms with van der Waals surface area (Å²) in [4.78, 5) is 64.7. The summed E-state index contributed by atoms with van der Waals surface area (Å²) in [6.45, 7) is 7.11. The van der Waals surface area contributed by atoms with Gasteiger partial charge in [0.15, 0.2) is 0 Å². The molecule has 4 N–H and O–H groups in total. The van der Waals surface area contributed by atoms with Crippen LogP contribution < -0.4 is 16.0 Å². The Labute approximate surface area is 249 Å². The molecule has 0 fully saturated rings. The Balaban J connectivity index is 1.80. The number of hydrogen-bond acceptors (Lipinski definition) is 6. The average molecular weight is 601 g/mol. The summed E-state index contributed by atoms with van der Waals surface area (Å²) < 4.78 is 5.25. The number of anilines is 1. The maximum absolute atomic E-state index is 13.7. The summed E-state index contributed by atoms with van der Waals surface area (Å²) in [5.74, 6) is -2.70. The quantitative estimate of drug-likeness (QED) is 0.323. The van der Waals surface area contributed by atoms with E-state index in [0.29, 0.717) is 10.7 Å². The fourth-order valence-corrected chi connectivity index (χ4v) is 4.62. The largest absolute Gasteiger partial charge is 0.481 e. The molecule has 0 bridgehead atoms. The Morgan fingerprint density at radius 1 is 1.07 bits per heavy atom. The molecule has 2 aromatic carbocycles. The van der Waals surface area contributed by atoms with Gasteiger partial charge in [-0.05, 0) is 69.0 Å². The van der Waals surface area contributed by atoms with Gasteiger partial charge >= 0.3 is 12.1 Å². The molecule has 226 valence electrons. The molecule has 0 aliphatic carbocycles. The predicted octanol–water partition coefficient (Wildman–Crippen LogP) is 3.80. The summed E-state index contributed by atoms with van der Waals surface area (Å²) in [6, 6.07) is 10.3. The second-order valence-corrected chi connectivity index (χ2v) is 11.5. The Kier molecular flexibility index (Phi) is 10.9. The van der Waals surface area contributed by atoms with Crippen LogP contribution in [-0.2, 0) is 36.9 Å². The summed E-state index contributed by atoms with van der Waals surface area (Å²) in [6.07, 6.45) is -1.07. The number of hydrogen-bond donors (Lipinski definition) is 4. The Morgan fingerprint density at radius 3 is 2.40 bits per heavy atom. The number of carbonyl (C=O) groups excluding carboxylic acids is 4. The van der Waals surface area contributed by atoms with Gasteiger partial charge in [0, 0.05) is 36.6 Å². The van der Waals surface area contributed by atoms with E-state index in [2.05, 4.69) is 16.0 Å². The maximum atomic E-state index is 13.7. The highest BCUT2D eigenvalue weighted by Gasteiger charge is 2.36.